The Bertz CT molecular complexity index is 525. The van der Waals surface area contributed by atoms with Crippen molar-refractivity contribution in [1.29, 1.82) is 0 Å². The zero-order valence-corrected chi connectivity index (χ0v) is 23.0. The van der Waals surface area contributed by atoms with Crippen LogP contribution in [-0.2, 0) is 14.4 Å². The summed E-state index contributed by atoms with van der Waals surface area (Å²) >= 11 is 0. The first-order valence-electron chi connectivity index (χ1n) is 14.8. The molecule has 0 saturated heterocycles. The van der Waals surface area contributed by atoms with Crippen LogP contribution in [-0.4, -0.2) is 35.5 Å². The van der Waals surface area contributed by atoms with Gasteiger partial charge in [0.1, 0.15) is 6.04 Å². The van der Waals surface area contributed by atoms with Gasteiger partial charge in [0.2, 0.25) is 11.8 Å². The molecule has 0 aliphatic heterocycles. The second kappa shape index (κ2) is 25.5. The molecule has 6 nitrogen and oxygen atoms in total. The fourth-order valence-electron chi connectivity index (χ4n) is 4.35. The first-order chi connectivity index (χ1) is 17.0. The predicted octanol–water partition coefficient (Wildman–Crippen LogP) is 7.29. The molecular formula is C29H56N2O4. The molecule has 0 radical (unpaired) electrons. The lowest BCUT2D eigenvalue weighted by Crippen LogP contribution is -2.47. The Morgan fingerprint density at radius 2 is 1.03 bits per heavy atom. The summed E-state index contributed by atoms with van der Waals surface area (Å²) in [6.07, 6.45) is 23.4. The zero-order valence-electron chi connectivity index (χ0n) is 23.0. The minimum Gasteiger partial charge on any atom is -0.481 e. The molecule has 206 valence electrons. The van der Waals surface area contributed by atoms with Crippen molar-refractivity contribution in [2.75, 3.05) is 6.54 Å². The average molecular weight is 497 g/mol. The SMILES string of the molecule is CCCCCCCCCCCCNC(=O)[C@H](CCC(=O)O)NC(=O)CCCCCCCCCCC. The van der Waals surface area contributed by atoms with Crippen molar-refractivity contribution in [2.45, 2.75) is 161 Å². The number of carbonyl (C=O) groups excluding carboxylic acids is 2. The summed E-state index contributed by atoms with van der Waals surface area (Å²) in [6.45, 7) is 5.03. The second-order valence-electron chi connectivity index (χ2n) is 10.1. The van der Waals surface area contributed by atoms with E-state index in [4.69, 9.17) is 5.11 Å². The second-order valence-corrected chi connectivity index (χ2v) is 10.1. The van der Waals surface area contributed by atoms with Crippen molar-refractivity contribution >= 4 is 17.8 Å². The fourth-order valence-corrected chi connectivity index (χ4v) is 4.35. The van der Waals surface area contributed by atoms with Crippen LogP contribution in [0, 0.1) is 0 Å². The summed E-state index contributed by atoms with van der Waals surface area (Å²) in [5, 5.41) is 14.7. The third-order valence-electron chi connectivity index (χ3n) is 6.64. The lowest BCUT2D eigenvalue weighted by atomic mass is 10.1. The van der Waals surface area contributed by atoms with E-state index < -0.39 is 12.0 Å². The summed E-state index contributed by atoms with van der Waals surface area (Å²) in [4.78, 5) is 35.9. The topological polar surface area (TPSA) is 95.5 Å². The van der Waals surface area contributed by atoms with Crippen molar-refractivity contribution in [3.63, 3.8) is 0 Å². The number of carbonyl (C=O) groups is 3. The Hall–Kier alpha value is -1.59. The minimum absolute atomic E-state index is 0.128. The smallest absolute Gasteiger partial charge is 0.303 e. The number of nitrogens with one attached hydrogen (secondary N) is 2. The number of rotatable bonds is 26. The fraction of sp³-hybridized carbons (Fsp3) is 0.897. The Balaban J connectivity index is 3.99. The van der Waals surface area contributed by atoms with Crippen molar-refractivity contribution in [3.8, 4) is 0 Å². The first-order valence-corrected chi connectivity index (χ1v) is 14.8. The Labute approximate surface area is 215 Å². The normalized spacial score (nSPS) is 11.8. The maximum atomic E-state index is 12.6. The van der Waals surface area contributed by atoms with Crippen molar-refractivity contribution in [1.82, 2.24) is 10.6 Å². The quantitative estimate of drug-likeness (QED) is 0.110. The van der Waals surface area contributed by atoms with Gasteiger partial charge in [-0.05, 0) is 19.3 Å². The molecule has 2 amide bonds. The van der Waals surface area contributed by atoms with E-state index in [1.165, 1.54) is 89.9 Å². The molecule has 0 aliphatic carbocycles. The maximum absolute atomic E-state index is 12.6. The molecule has 0 fully saturated rings. The molecule has 0 aromatic rings. The Morgan fingerprint density at radius 3 is 1.49 bits per heavy atom. The molecule has 35 heavy (non-hydrogen) atoms. The van der Waals surface area contributed by atoms with Gasteiger partial charge < -0.3 is 15.7 Å². The zero-order chi connectivity index (χ0) is 26.0. The van der Waals surface area contributed by atoms with E-state index in [9.17, 15) is 14.4 Å². The van der Waals surface area contributed by atoms with E-state index in [0.29, 0.717) is 13.0 Å². The number of aliphatic carboxylic acids is 1. The molecule has 0 aliphatic rings. The molecule has 0 unspecified atom stereocenters. The summed E-state index contributed by atoms with van der Waals surface area (Å²) in [6, 6.07) is -0.764. The number of carboxylic acids is 1. The summed E-state index contributed by atoms with van der Waals surface area (Å²) < 4.78 is 0. The molecule has 0 aromatic heterocycles. The van der Waals surface area contributed by atoms with E-state index in [-0.39, 0.29) is 24.7 Å². The summed E-state index contributed by atoms with van der Waals surface area (Å²) in [7, 11) is 0. The summed E-state index contributed by atoms with van der Waals surface area (Å²) in [5.74, 6) is -1.37. The van der Waals surface area contributed by atoms with Crippen LogP contribution in [0.4, 0.5) is 0 Å². The number of hydrogen-bond donors (Lipinski definition) is 3. The van der Waals surface area contributed by atoms with Crippen molar-refractivity contribution in [2.24, 2.45) is 0 Å². The molecule has 1 atom stereocenters. The van der Waals surface area contributed by atoms with Gasteiger partial charge in [-0.15, -0.1) is 0 Å². The highest BCUT2D eigenvalue weighted by Crippen LogP contribution is 2.12. The van der Waals surface area contributed by atoms with Crippen LogP contribution in [0.25, 0.3) is 0 Å². The predicted molar refractivity (Wildman–Crippen MR) is 145 cm³/mol. The molecule has 0 rings (SSSR count). The lowest BCUT2D eigenvalue weighted by molar-refractivity contribution is -0.138. The number of hydrogen-bond acceptors (Lipinski definition) is 3. The van der Waals surface area contributed by atoms with E-state index in [0.717, 1.165) is 32.1 Å². The third kappa shape index (κ3) is 23.9. The number of unbranched alkanes of at least 4 members (excludes halogenated alkanes) is 17. The molecule has 0 aromatic carbocycles. The molecule has 3 N–H and O–H groups in total. The standard InChI is InChI=1S/C29H56N2O4/c1-3-5-7-9-11-13-15-17-19-21-25-30-29(35)26(23-24-28(33)34)31-27(32)22-20-18-16-14-12-10-8-6-4-2/h26H,3-25H2,1-2H3,(H,30,35)(H,31,32)(H,33,34)/t26-/m0/s1. The van der Waals surface area contributed by atoms with Gasteiger partial charge in [0, 0.05) is 19.4 Å². The molecular weight excluding hydrogens is 440 g/mol. The van der Waals surface area contributed by atoms with Crippen LogP contribution in [0.15, 0.2) is 0 Å². The van der Waals surface area contributed by atoms with Crippen molar-refractivity contribution < 1.29 is 19.5 Å². The van der Waals surface area contributed by atoms with Crippen molar-refractivity contribution in [3.05, 3.63) is 0 Å². The van der Waals surface area contributed by atoms with Crippen LogP contribution in [0.5, 0.6) is 0 Å². The van der Waals surface area contributed by atoms with Gasteiger partial charge in [0.25, 0.3) is 0 Å². The van der Waals surface area contributed by atoms with E-state index in [1.54, 1.807) is 0 Å². The molecule has 0 bridgehead atoms. The Morgan fingerprint density at radius 1 is 0.600 bits per heavy atom. The largest absolute Gasteiger partial charge is 0.481 e. The van der Waals surface area contributed by atoms with E-state index in [2.05, 4.69) is 24.5 Å². The van der Waals surface area contributed by atoms with Gasteiger partial charge in [-0.3, -0.25) is 14.4 Å². The summed E-state index contributed by atoms with van der Waals surface area (Å²) in [5.41, 5.74) is 0. The van der Waals surface area contributed by atoms with Gasteiger partial charge in [0.15, 0.2) is 0 Å². The van der Waals surface area contributed by atoms with Crippen LogP contribution >= 0.6 is 0 Å². The highest BCUT2D eigenvalue weighted by molar-refractivity contribution is 5.87. The number of amides is 2. The van der Waals surface area contributed by atoms with Gasteiger partial charge in [-0.2, -0.15) is 0 Å². The first kappa shape index (κ1) is 33.4. The minimum atomic E-state index is -0.953. The van der Waals surface area contributed by atoms with Gasteiger partial charge in [0.05, 0.1) is 0 Å². The van der Waals surface area contributed by atoms with Crippen LogP contribution in [0.2, 0.25) is 0 Å². The average Bonchev–Trinajstić information content (AvgIpc) is 2.83. The van der Waals surface area contributed by atoms with Crippen LogP contribution in [0.1, 0.15) is 155 Å². The maximum Gasteiger partial charge on any atom is 0.303 e. The van der Waals surface area contributed by atoms with E-state index >= 15 is 0 Å². The van der Waals surface area contributed by atoms with Gasteiger partial charge in [-0.1, -0.05) is 123 Å². The highest BCUT2D eigenvalue weighted by atomic mass is 16.4. The molecule has 0 spiro atoms. The Kier molecular flexibility index (Phi) is 24.3. The van der Waals surface area contributed by atoms with Crippen LogP contribution in [0.3, 0.4) is 0 Å². The lowest BCUT2D eigenvalue weighted by Gasteiger charge is -2.18. The van der Waals surface area contributed by atoms with E-state index in [1.807, 2.05) is 0 Å². The van der Waals surface area contributed by atoms with Gasteiger partial charge >= 0.3 is 5.97 Å². The number of carboxylic acid groups (broad SMARTS) is 1. The molecule has 6 heteroatoms. The molecule has 0 heterocycles. The molecule has 0 saturated carbocycles. The van der Waals surface area contributed by atoms with Crippen LogP contribution < -0.4 is 10.6 Å². The van der Waals surface area contributed by atoms with Gasteiger partial charge in [-0.25, -0.2) is 0 Å². The highest BCUT2D eigenvalue weighted by Gasteiger charge is 2.21. The monoisotopic (exact) mass is 496 g/mol. The third-order valence-corrected chi connectivity index (χ3v) is 6.64.